The zero-order valence-corrected chi connectivity index (χ0v) is 11.8. The minimum absolute atomic E-state index is 0.224. The van der Waals surface area contributed by atoms with Crippen molar-refractivity contribution in [2.75, 3.05) is 0 Å². The first-order chi connectivity index (χ1) is 8.80. The maximum Gasteiger partial charge on any atom is 0.339 e. The first kappa shape index (κ1) is 13.6. The Morgan fingerprint density at radius 1 is 1.26 bits per heavy atom. The van der Waals surface area contributed by atoms with E-state index in [4.69, 9.17) is 11.6 Å². The minimum atomic E-state index is -0.967. The number of carboxylic acids is 1. The van der Waals surface area contributed by atoms with Crippen LogP contribution < -0.4 is 0 Å². The maximum atomic E-state index is 11.3. The minimum Gasteiger partial charge on any atom is -0.478 e. The molecule has 4 nitrogen and oxygen atoms in total. The summed E-state index contributed by atoms with van der Waals surface area (Å²) in [4.78, 5) is 11.3. The van der Waals surface area contributed by atoms with Crippen LogP contribution in [-0.4, -0.2) is 20.9 Å². The molecule has 0 fully saturated rings. The van der Waals surface area contributed by atoms with Crippen molar-refractivity contribution in [1.82, 2.24) is 9.78 Å². The number of hydrogen-bond donors (Lipinski definition) is 1. The van der Waals surface area contributed by atoms with Crippen molar-refractivity contribution in [1.29, 1.82) is 0 Å². The fourth-order valence-electron chi connectivity index (χ4n) is 2.00. The third-order valence-electron chi connectivity index (χ3n) is 2.78. The molecule has 0 saturated heterocycles. The average Bonchev–Trinajstić information content (AvgIpc) is 2.74. The van der Waals surface area contributed by atoms with Crippen LogP contribution in [0.5, 0.6) is 0 Å². The summed E-state index contributed by atoms with van der Waals surface area (Å²) >= 11 is 5.86. The van der Waals surface area contributed by atoms with Gasteiger partial charge in [-0.25, -0.2) is 9.48 Å². The zero-order valence-electron chi connectivity index (χ0n) is 11.0. The summed E-state index contributed by atoms with van der Waals surface area (Å²) in [6.45, 7) is 5.88. The number of nitrogens with zero attached hydrogens (tertiary/aromatic N) is 2. The lowest BCUT2D eigenvalue weighted by Gasteiger charge is -2.21. The number of carbonyl (C=O) groups is 1. The monoisotopic (exact) mass is 278 g/mol. The van der Waals surface area contributed by atoms with Crippen LogP contribution >= 0.6 is 11.6 Å². The molecule has 1 N–H and O–H groups in total. The summed E-state index contributed by atoms with van der Waals surface area (Å²) in [5.41, 5.74) is 1.36. The molecule has 1 aromatic heterocycles. The molecule has 0 radical (unpaired) electrons. The topological polar surface area (TPSA) is 55.1 Å². The van der Waals surface area contributed by atoms with Gasteiger partial charge in [-0.15, -0.1) is 0 Å². The number of carboxylic acid groups (broad SMARTS) is 1. The number of halogens is 1. The van der Waals surface area contributed by atoms with Gasteiger partial charge in [-0.2, -0.15) is 5.10 Å². The van der Waals surface area contributed by atoms with E-state index < -0.39 is 5.97 Å². The van der Waals surface area contributed by atoms with E-state index in [1.165, 1.54) is 6.20 Å². The van der Waals surface area contributed by atoms with E-state index in [1.54, 1.807) is 16.8 Å². The molecule has 0 saturated carbocycles. The highest BCUT2D eigenvalue weighted by molar-refractivity contribution is 6.30. The van der Waals surface area contributed by atoms with Crippen LogP contribution in [0.4, 0.5) is 0 Å². The molecule has 5 heteroatoms. The number of rotatable bonds is 2. The summed E-state index contributed by atoms with van der Waals surface area (Å²) in [7, 11) is 0. The molecule has 100 valence electrons. The van der Waals surface area contributed by atoms with Gasteiger partial charge in [0.05, 0.1) is 17.6 Å². The summed E-state index contributed by atoms with van der Waals surface area (Å²) < 4.78 is 1.65. The van der Waals surface area contributed by atoms with Crippen molar-refractivity contribution in [3.8, 4) is 5.69 Å². The zero-order chi connectivity index (χ0) is 14.2. The summed E-state index contributed by atoms with van der Waals surface area (Å²) in [6, 6.07) is 7.14. The van der Waals surface area contributed by atoms with Crippen LogP contribution in [0.2, 0.25) is 5.02 Å². The van der Waals surface area contributed by atoms with Crippen LogP contribution in [0, 0.1) is 0 Å². The molecular formula is C14H15ClN2O2. The van der Waals surface area contributed by atoms with Gasteiger partial charge in [-0.05, 0) is 24.3 Å². The van der Waals surface area contributed by atoms with Gasteiger partial charge < -0.3 is 5.11 Å². The van der Waals surface area contributed by atoms with Crippen LogP contribution in [0.3, 0.4) is 0 Å². The Morgan fingerprint density at radius 3 is 2.32 bits per heavy atom. The largest absolute Gasteiger partial charge is 0.478 e. The number of hydrogen-bond acceptors (Lipinski definition) is 2. The second kappa shape index (κ2) is 4.70. The number of aromatic carboxylic acids is 1. The van der Waals surface area contributed by atoms with E-state index in [1.807, 2.05) is 32.9 Å². The Morgan fingerprint density at radius 2 is 1.84 bits per heavy atom. The Balaban J connectivity index is 2.64. The Labute approximate surface area is 116 Å². The molecule has 0 aliphatic rings. The lowest BCUT2D eigenvalue weighted by molar-refractivity contribution is 0.0694. The van der Waals surface area contributed by atoms with Gasteiger partial charge in [0.2, 0.25) is 0 Å². The van der Waals surface area contributed by atoms with Crippen LogP contribution in [0.25, 0.3) is 5.69 Å². The third-order valence-corrected chi connectivity index (χ3v) is 3.03. The normalized spacial score (nSPS) is 11.6. The predicted molar refractivity (Wildman–Crippen MR) is 74.2 cm³/mol. The quantitative estimate of drug-likeness (QED) is 0.914. The fourth-order valence-corrected chi connectivity index (χ4v) is 2.13. The van der Waals surface area contributed by atoms with Crippen molar-refractivity contribution in [3.05, 3.63) is 46.7 Å². The first-order valence-corrected chi connectivity index (χ1v) is 6.26. The van der Waals surface area contributed by atoms with Gasteiger partial charge in [-0.1, -0.05) is 32.4 Å². The molecule has 0 amide bonds. The first-order valence-electron chi connectivity index (χ1n) is 5.88. The van der Waals surface area contributed by atoms with Crippen molar-refractivity contribution in [2.24, 2.45) is 0 Å². The van der Waals surface area contributed by atoms with Gasteiger partial charge in [0.15, 0.2) is 0 Å². The predicted octanol–water partition coefficient (Wildman–Crippen LogP) is 3.52. The standard InChI is InChI=1S/C14H15ClN2O2/c1-14(2,3)12-11(13(18)19)8-16-17(12)10-6-4-9(15)5-7-10/h4-8H,1-3H3,(H,18,19). The van der Waals surface area contributed by atoms with Crippen LogP contribution in [0.1, 0.15) is 36.8 Å². The number of benzene rings is 1. The Kier molecular flexibility index (Phi) is 3.37. The van der Waals surface area contributed by atoms with Gasteiger partial charge in [0.25, 0.3) is 0 Å². The fraction of sp³-hybridized carbons (Fsp3) is 0.286. The molecule has 1 heterocycles. The second-order valence-electron chi connectivity index (χ2n) is 5.35. The highest BCUT2D eigenvalue weighted by Gasteiger charge is 2.27. The lowest BCUT2D eigenvalue weighted by Crippen LogP contribution is -2.21. The van der Waals surface area contributed by atoms with Crippen molar-refractivity contribution in [2.45, 2.75) is 26.2 Å². The molecule has 0 unspecified atom stereocenters. The molecule has 0 bridgehead atoms. The molecule has 0 aliphatic heterocycles. The van der Waals surface area contributed by atoms with Gasteiger partial charge in [0, 0.05) is 10.4 Å². The smallest absolute Gasteiger partial charge is 0.339 e. The van der Waals surface area contributed by atoms with E-state index in [0.717, 1.165) is 5.69 Å². The molecule has 2 aromatic rings. The summed E-state index contributed by atoms with van der Waals surface area (Å²) in [5.74, 6) is -0.967. The summed E-state index contributed by atoms with van der Waals surface area (Å²) in [5, 5.41) is 14.1. The third kappa shape index (κ3) is 2.63. The SMILES string of the molecule is CC(C)(C)c1c(C(=O)O)cnn1-c1ccc(Cl)cc1. The van der Waals surface area contributed by atoms with E-state index in [0.29, 0.717) is 10.7 Å². The molecule has 19 heavy (non-hydrogen) atoms. The Bertz CT molecular complexity index is 609. The maximum absolute atomic E-state index is 11.3. The Hall–Kier alpha value is -1.81. The molecule has 1 aromatic carbocycles. The highest BCUT2D eigenvalue weighted by atomic mass is 35.5. The van der Waals surface area contributed by atoms with Crippen LogP contribution in [-0.2, 0) is 5.41 Å². The van der Waals surface area contributed by atoms with E-state index in [-0.39, 0.29) is 11.0 Å². The number of aromatic nitrogens is 2. The van der Waals surface area contributed by atoms with Crippen LogP contribution in [0.15, 0.2) is 30.5 Å². The van der Waals surface area contributed by atoms with E-state index in [2.05, 4.69) is 5.10 Å². The molecule has 0 aliphatic carbocycles. The molecule has 2 rings (SSSR count). The van der Waals surface area contributed by atoms with E-state index in [9.17, 15) is 9.90 Å². The molecule has 0 spiro atoms. The van der Waals surface area contributed by atoms with Gasteiger partial charge in [-0.3, -0.25) is 0 Å². The average molecular weight is 279 g/mol. The molecular weight excluding hydrogens is 264 g/mol. The van der Waals surface area contributed by atoms with Crippen molar-refractivity contribution >= 4 is 17.6 Å². The van der Waals surface area contributed by atoms with Crippen molar-refractivity contribution < 1.29 is 9.90 Å². The summed E-state index contributed by atoms with van der Waals surface area (Å²) in [6.07, 6.45) is 1.39. The van der Waals surface area contributed by atoms with Crippen molar-refractivity contribution in [3.63, 3.8) is 0 Å². The van der Waals surface area contributed by atoms with E-state index >= 15 is 0 Å². The lowest BCUT2D eigenvalue weighted by atomic mass is 9.89. The van der Waals surface area contributed by atoms with Gasteiger partial charge in [0.1, 0.15) is 5.56 Å². The highest BCUT2D eigenvalue weighted by Crippen LogP contribution is 2.28. The van der Waals surface area contributed by atoms with Gasteiger partial charge >= 0.3 is 5.97 Å². The second-order valence-corrected chi connectivity index (χ2v) is 5.79. The molecule has 0 atom stereocenters.